The third kappa shape index (κ3) is 4.25. The molecular weight excluding hydrogens is 370 g/mol. The second-order valence-electron chi connectivity index (χ2n) is 7.24. The number of benzene rings is 2. The van der Waals surface area contributed by atoms with Crippen molar-refractivity contribution in [2.24, 2.45) is 5.92 Å². The van der Waals surface area contributed by atoms with Gasteiger partial charge in [-0.1, -0.05) is 74.5 Å². The summed E-state index contributed by atoms with van der Waals surface area (Å²) in [6.07, 6.45) is 0. The zero-order valence-electron chi connectivity index (χ0n) is 16.6. The van der Waals surface area contributed by atoms with Crippen molar-refractivity contribution in [2.45, 2.75) is 38.1 Å². The third-order valence-corrected chi connectivity index (χ3v) is 6.55. The summed E-state index contributed by atoms with van der Waals surface area (Å²) in [5.41, 5.74) is 1.86. The Labute approximate surface area is 171 Å². The normalized spacial score (nSPS) is 19.2. The number of rotatable bonds is 6. The average Bonchev–Trinajstić information content (AvgIpc) is 3.16. The van der Waals surface area contributed by atoms with Gasteiger partial charge in [-0.05, 0) is 24.0 Å². The first-order chi connectivity index (χ1) is 13.5. The molecule has 1 fully saturated rings. The van der Waals surface area contributed by atoms with Crippen molar-refractivity contribution in [2.75, 3.05) is 12.4 Å². The minimum atomic E-state index is -0.542. The standard InChI is InChI=1S/C23H27NO3S/c1-4-27-23(26)19-15-28-22(16(2)3)24(19)21(25)20(17-11-7-5-8-12-17)18-13-9-6-10-14-18/h5-14,16,19-20,22H,4,15H2,1-3H3. The van der Waals surface area contributed by atoms with Crippen LogP contribution in [0, 0.1) is 5.92 Å². The fourth-order valence-electron chi connectivity index (χ4n) is 3.66. The van der Waals surface area contributed by atoms with E-state index in [0.717, 1.165) is 11.1 Å². The SMILES string of the molecule is CCOC(=O)C1CSC(C(C)C)N1C(=O)C(c1ccccc1)c1ccccc1. The van der Waals surface area contributed by atoms with E-state index < -0.39 is 12.0 Å². The Hall–Kier alpha value is -2.27. The van der Waals surface area contributed by atoms with Gasteiger partial charge in [0, 0.05) is 5.75 Å². The van der Waals surface area contributed by atoms with Gasteiger partial charge in [0.25, 0.3) is 0 Å². The summed E-state index contributed by atoms with van der Waals surface area (Å²) in [6, 6.07) is 19.0. The summed E-state index contributed by atoms with van der Waals surface area (Å²) in [5.74, 6) is 0.00867. The van der Waals surface area contributed by atoms with E-state index >= 15 is 0 Å². The summed E-state index contributed by atoms with van der Waals surface area (Å²) < 4.78 is 5.28. The van der Waals surface area contributed by atoms with Crippen LogP contribution in [0.1, 0.15) is 37.8 Å². The minimum Gasteiger partial charge on any atom is -0.464 e. The number of carbonyl (C=O) groups is 2. The number of esters is 1. The molecule has 1 amide bonds. The van der Waals surface area contributed by atoms with Crippen LogP contribution in [0.3, 0.4) is 0 Å². The van der Waals surface area contributed by atoms with E-state index in [1.807, 2.05) is 60.7 Å². The molecule has 2 aromatic carbocycles. The van der Waals surface area contributed by atoms with Crippen LogP contribution >= 0.6 is 11.8 Å². The van der Waals surface area contributed by atoms with Crippen LogP contribution in [0.5, 0.6) is 0 Å². The van der Waals surface area contributed by atoms with Crippen molar-refractivity contribution in [3.05, 3.63) is 71.8 Å². The first kappa shape index (κ1) is 20.5. The first-order valence-corrected chi connectivity index (χ1v) is 10.8. The van der Waals surface area contributed by atoms with Gasteiger partial charge in [-0.25, -0.2) is 4.79 Å². The Balaban J connectivity index is 2.03. The van der Waals surface area contributed by atoms with Crippen molar-refractivity contribution in [3.63, 3.8) is 0 Å². The molecule has 2 unspecified atom stereocenters. The van der Waals surface area contributed by atoms with Gasteiger partial charge in [-0.3, -0.25) is 4.79 Å². The number of ether oxygens (including phenoxy) is 1. The van der Waals surface area contributed by atoms with Crippen LogP contribution in [0.2, 0.25) is 0 Å². The van der Waals surface area contributed by atoms with Crippen LogP contribution in [0.15, 0.2) is 60.7 Å². The number of amides is 1. The molecule has 4 nitrogen and oxygen atoms in total. The molecule has 0 aromatic heterocycles. The molecule has 0 bridgehead atoms. The van der Waals surface area contributed by atoms with Crippen molar-refractivity contribution in [1.29, 1.82) is 0 Å². The third-order valence-electron chi connectivity index (χ3n) is 4.93. The van der Waals surface area contributed by atoms with Crippen LogP contribution in [0.4, 0.5) is 0 Å². The lowest BCUT2D eigenvalue weighted by Crippen LogP contribution is -2.49. The van der Waals surface area contributed by atoms with Crippen molar-refractivity contribution in [3.8, 4) is 0 Å². The molecule has 2 atom stereocenters. The lowest BCUT2D eigenvalue weighted by atomic mass is 9.89. The number of thioether (sulfide) groups is 1. The zero-order valence-corrected chi connectivity index (χ0v) is 17.4. The predicted molar refractivity (Wildman–Crippen MR) is 113 cm³/mol. The molecule has 0 spiro atoms. The van der Waals surface area contributed by atoms with E-state index in [2.05, 4.69) is 13.8 Å². The molecule has 28 heavy (non-hydrogen) atoms. The molecule has 1 saturated heterocycles. The van der Waals surface area contributed by atoms with E-state index in [1.165, 1.54) is 0 Å². The molecule has 148 valence electrons. The van der Waals surface area contributed by atoms with Gasteiger partial charge in [0.05, 0.1) is 17.9 Å². The van der Waals surface area contributed by atoms with Gasteiger partial charge >= 0.3 is 5.97 Å². The molecule has 5 heteroatoms. The van der Waals surface area contributed by atoms with Crippen molar-refractivity contribution in [1.82, 2.24) is 4.90 Å². The van der Waals surface area contributed by atoms with E-state index in [-0.39, 0.29) is 23.2 Å². The van der Waals surface area contributed by atoms with Crippen LogP contribution < -0.4 is 0 Å². The molecule has 0 aliphatic carbocycles. The maximum atomic E-state index is 13.9. The summed E-state index contributed by atoms with van der Waals surface area (Å²) in [6.45, 7) is 6.29. The number of carbonyl (C=O) groups excluding carboxylic acids is 2. The number of hydrogen-bond acceptors (Lipinski definition) is 4. The van der Waals surface area contributed by atoms with E-state index in [9.17, 15) is 9.59 Å². The van der Waals surface area contributed by atoms with Crippen LogP contribution in [0.25, 0.3) is 0 Å². The quantitative estimate of drug-likeness (QED) is 0.682. The fourth-order valence-corrected chi connectivity index (χ4v) is 5.13. The van der Waals surface area contributed by atoms with E-state index in [4.69, 9.17) is 4.74 Å². The van der Waals surface area contributed by atoms with Crippen molar-refractivity contribution < 1.29 is 14.3 Å². The Kier molecular flexibility index (Phi) is 6.79. The Bertz CT molecular complexity index is 755. The first-order valence-electron chi connectivity index (χ1n) is 9.74. The Morgan fingerprint density at radius 1 is 1.04 bits per heavy atom. The second-order valence-corrected chi connectivity index (χ2v) is 8.39. The lowest BCUT2D eigenvalue weighted by molar-refractivity contribution is -0.154. The van der Waals surface area contributed by atoms with E-state index in [1.54, 1.807) is 23.6 Å². The molecule has 1 aliphatic rings. The van der Waals surface area contributed by atoms with Gasteiger partial charge in [0.15, 0.2) is 0 Å². The summed E-state index contributed by atoms with van der Waals surface area (Å²) in [7, 11) is 0. The topological polar surface area (TPSA) is 46.6 Å². The molecule has 0 saturated carbocycles. The molecule has 1 heterocycles. The Morgan fingerprint density at radius 3 is 2.04 bits per heavy atom. The number of hydrogen-bond donors (Lipinski definition) is 0. The number of nitrogens with zero attached hydrogens (tertiary/aromatic N) is 1. The maximum absolute atomic E-state index is 13.9. The van der Waals surface area contributed by atoms with Gasteiger partial charge in [-0.2, -0.15) is 0 Å². The average molecular weight is 398 g/mol. The minimum absolute atomic E-state index is 0.0425. The van der Waals surface area contributed by atoms with Gasteiger partial charge in [-0.15, -0.1) is 11.8 Å². The predicted octanol–water partition coefficient (Wildman–Crippen LogP) is 4.31. The van der Waals surface area contributed by atoms with Crippen LogP contribution in [-0.4, -0.2) is 40.6 Å². The molecule has 1 aliphatic heterocycles. The maximum Gasteiger partial charge on any atom is 0.329 e. The smallest absolute Gasteiger partial charge is 0.329 e. The lowest BCUT2D eigenvalue weighted by Gasteiger charge is -2.33. The fraction of sp³-hybridized carbons (Fsp3) is 0.391. The highest BCUT2D eigenvalue weighted by molar-refractivity contribution is 8.00. The molecule has 0 radical (unpaired) electrons. The zero-order chi connectivity index (χ0) is 20.1. The molecule has 0 N–H and O–H groups in total. The highest BCUT2D eigenvalue weighted by atomic mass is 32.2. The van der Waals surface area contributed by atoms with Gasteiger partial charge in [0.1, 0.15) is 6.04 Å². The summed E-state index contributed by atoms with van der Waals surface area (Å²) in [4.78, 5) is 28.3. The van der Waals surface area contributed by atoms with E-state index in [0.29, 0.717) is 12.4 Å². The second kappa shape index (κ2) is 9.28. The summed E-state index contributed by atoms with van der Waals surface area (Å²) in [5, 5.41) is -0.0446. The van der Waals surface area contributed by atoms with Crippen LogP contribution in [-0.2, 0) is 14.3 Å². The Morgan fingerprint density at radius 2 is 1.57 bits per heavy atom. The van der Waals surface area contributed by atoms with Gasteiger partial charge in [0.2, 0.25) is 5.91 Å². The molecular formula is C23H27NO3S. The highest BCUT2D eigenvalue weighted by Gasteiger charge is 2.45. The molecule has 2 aromatic rings. The largest absolute Gasteiger partial charge is 0.464 e. The highest BCUT2D eigenvalue weighted by Crippen LogP contribution is 2.38. The van der Waals surface area contributed by atoms with Crippen molar-refractivity contribution >= 4 is 23.6 Å². The molecule has 3 rings (SSSR count). The monoisotopic (exact) mass is 397 g/mol. The summed E-state index contributed by atoms with van der Waals surface area (Å²) >= 11 is 1.66. The van der Waals surface area contributed by atoms with Gasteiger partial charge < -0.3 is 9.64 Å².